The number of hydrogen-bond acceptors (Lipinski definition) is 2. The smallest absolute Gasteiger partial charge is 0.231 e. The van der Waals surface area contributed by atoms with Crippen LogP contribution in [0.2, 0.25) is 0 Å². The van der Waals surface area contributed by atoms with Gasteiger partial charge in [-0.3, -0.25) is 9.69 Å². The summed E-state index contributed by atoms with van der Waals surface area (Å²) >= 11 is 0. The molecule has 0 unspecified atom stereocenters. The van der Waals surface area contributed by atoms with Gasteiger partial charge in [0, 0.05) is 6.54 Å². The molecule has 1 aliphatic heterocycles. The molecule has 0 aliphatic carbocycles. The van der Waals surface area contributed by atoms with Crippen LogP contribution in [0.3, 0.4) is 0 Å². The van der Waals surface area contributed by atoms with E-state index in [0.717, 1.165) is 19.5 Å². The first kappa shape index (κ1) is 7.54. The zero-order valence-corrected chi connectivity index (χ0v) is 5.92. The summed E-state index contributed by atoms with van der Waals surface area (Å²) < 4.78 is 0. The Kier molecular flexibility index (Phi) is 2.68. The molecule has 10 heavy (non-hydrogen) atoms. The van der Waals surface area contributed by atoms with Gasteiger partial charge in [-0.25, -0.2) is 0 Å². The summed E-state index contributed by atoms with van der Waals surface area (Å²) in [6.07, 6.45) is 5.22. The third-order valence-electron chi connectivity index (χ3n) is 1.52. The van der Waals surface area contributed by atoms with Gasteiger partial charge >= 0.3 is 0 Å². The summed E-state index contributed by atoms with van der Waals surface area (Å²) in [6, 6.07) is 0. The van der Waals surface area contributed by atoms with Crippen molar-refractivity contribution in [3.05, 3.63) is 12.8 Å². The van der Waals surface area contributed by atoms with Crippen LogP contribution >= 0.6 is 0 Å². The highest BCUT2D eigenvalue weighted by atomic mass is 16.1. The predicted molar refractivity (Wildman–Crippen MR) is 38.9 cm³/mol. The summed E-state index contributed by atoms with van der Waals surface area (Å²) in [6.45, 7) is 2.22. The molecule has 0 aromatic heterocycles. The van der Waals surface area contributed by atoms with Crippen molar-refractivity contribution in [3.8, 4) is 0 Å². The lowest BCUT2D eigenvalue weighted by atomic mass is 10.1. The average molecular weight is 140 g/mol. The van der Waals surface area contributed by atoms with Crippen LogP contribution in [-0.2, 0) is 4.79 Å². The van der Waals surface area contributed by atoms with Crippen molar-refractivity contribution in [2.24, 2.45) is 5.73 Å². The van der Waals surface area contributed by atoms with Crippen LogP contribution in [0.5, 0.6) is 0 Å². The number of carbonyl (C=O) groups excluding carboxylic acids is 1. The number of hydrogen-bond donors (Lipinski definition) is 1. The van der Waals surface area contributed by atoms with Crippen LogP contribution in [0, 0.1) is 12.8 Å². The SMILES string of the molecule is NC(=O)CN1C[CH][CH]CC1. The minimum Gasteiger partial charge on any atom is -0.369 e. The fourth-order valence-corrected chi connectivity index (χ4v) is 1.05. The molecule has 56 valence electrons. The summed E-state index contributed by atoms with van der Waals surface area (Å²) in [7, 11) is 0. The Morgan fingerprint density at radius 2 is 2.40 bits per heavy atom. The Hall–Kier alpha value is -0.570. The minimum atomic E-state index is -0.240. The molecule has 0 spiro atoms. The van der Waals surface area contributed by atoms with Crippen LogP contribution in [0.15, 0.2) is 0 Å². The fourth-order valence-electron chi connectivity index (χ4n) is 1.05. The second kappa shape index (κ2) is 3.56. The largest absolute Gasteiger partial charge is 0.369 e. The number of nitrogens with two attached hydrogens (primary N) is 1. The molecule has 0 bridgehead atoms. The van der Waals surface area contributed by atoms with E-state index in [-0.39, 0.29) is 5.91 Å². The number of nitrogens with zero attached hydrogens (tertiary/aromatic N) is 1. The van der Waals surface area contributed by atoms with Crippen molar-refractivity contribution in [1.82, 2.24) is 4.90 Å². The Morgan fingerprint density at radius 1 is 1.60 bits per heavy atom. The Bertz CT molecular complexity index is 119. The number of rotatable bonds is 2. The molecule has 1 rings (SSSR count). The van der Waals surface area contributed by atoms with Gasteiger partial charge in [0.25, 0.3) is 0 Å². The van der Waals surface area contributed by atoms with E-state index in [0.29, 0.717) is 6.54 Å². The van der Waals surface area contributed by atoms with Gasteiger partial charge < -0.3 is 5.73 Å². The molecule has 3 nitrogen and oxygen atoms in total. The van der Waals surface area contributed by atoms with Gasteiger partial charge in [0.1, 0.15) is 0 Å². The van der Waals surface area contributed by atoms with Gasteiger partial charge in [-0.15, -0.1) is 0 Å². The van der Waals surface area contributed by atoms with E-state index in [4.69, 9.17) is 5.73 Å². The zero-order chi connectivity index (χ0) is 7.40. The second-order valence-corrected chi connectivity index (χ2v) is 2.46. The first-order valence-electron chi connectivity index (χ1n) is 3.44. The topological polar surface area (TPSA) is 46.3 Å². The molecule has 2 radical (unpaired) electrons. The number of carbonyl (C=O) groups is 1. The van der Waals surface area contributed by atoms with Crippen molar-refractivity contribution in [3.63, 3.8) is 0 Å². The van der Waals surface area contributed by atoms with E-state index in [1.807, 2.05) is 4.90 Å². The summed E-state index contributed by atoms with van der Waals surface area (Å²) in [5.41, 5.74) is 5.02. The third-order valence-corrected chi connectivity index (χ3v) is 1.52. The summed E-state index contributed by atoms with van der Waals surface area (Å²) in [5.74, 6) is -0.240. The maximum absolute atomic E-state index is 10.4. The van der Waals surface area contributed by atoms with E-state index in [1.54, 1.807) is 0 Å². The lowest BCUT2D eigenvalue weighted by Crippen LogP contribution is -2.37. The first-order chi connectivity index (χ1) is 4.79. The van der Waals surface area contributed by atoms with Crippen LogP contribution in [0.4, 0.5) is 0 Å². The Labute approximate surface area is 61.2 Å². The molecular formula is C7H12N2O. The van der Waals surface area contributed by atoms with E-state index in [1.165, 1.54) is 0 Å². The molecule has 0 saturated carbocycles. The number of amides is 1. The molecule has 3 heteroatoms. The monoisotopic (exact) mass is 140 g/mol. The number of likely N-dealkylation sites (tertiary alicyclic amines) is 1. The summed E-state index contributed by atoms with van der Waals surface area (Å²) in [4.78, 5) is 12.5. The van der Waals surface area contributed by atoms with Crippen molar-refractivity contribution in [2.45, 2.75) is 6.42 Å². The molecule has 0 aromatic rings. The lowest BCUT2D eigenvalue weighted by Gasteiger charge is -2.24. The maximum Gasteiger partial charge on any atom is 0.231 e. The van der Waals surface area contributed by atoms with Crippen LogP contribution in [0.1, 0.15) is 6.42 Å². The summed E-state index contributed by atoms with van der Waals surface area (Å²) in [5, 5.41) is 0. The van der Waals surface area contributed by atoms with E-state index in [9.17, 15) is 4.79 Å². The molecule has 0 atom stereocenters. The zero-order valence-electron chi connectivity index (χ0n) is 5.92. The first-order valence-corrected chi connectivity index (χ1v) is 3.44. The van der Waals surface area contributed by atoms with Crippen molar-refractivity contribution in [2.75, 3.05) is 19.6 Å². The average Bonchev–Trinajstić information content (AvgIpc) is 1.88. The van der Waals surface area contributed by atoms with E-state index >= 15 is 0 Å². The van der Waals surface area contributed by atoms with Gasteiger partial charge in [-0.1, -0.05) is 0 Å². The number of piperidine rings is 1. The van der Waals surface area contributed by atoms with Gasteiger partial charge in [0.05, 0.1) is 6.54 Å². The minimum absolute atomic E-state index is 0.240. The highest BCUT2D eigenvalue weighted by molar-refractivity contribution is 5.75. The van der Waals surface area contributed by atoms with Crippen LogP contribution in [0.25, 0.3) is 0 Å². The normalized spacial score (nSPS) is 20.8. The molecule has 1 heterocycles. The molecule has 1 saturated heterocycles. The molecular weight excluding hydrogens is 128 g/mol. The molecule has 2 N–H and O–H groups in total. The van der Waals surface area contributed by atoms with Crippen molar-refractivity contribution >= 4 is 5.91 Å². The van der Waals surface area contributed by atoms with Crippen molar-refractivity contribution < 1.29 is 4.79 Å². The highest BCUT2D eigenvalue weighted by Gasteiger charge is 2.11. The van der Waals surface area contributed by atoms with Gasteiger partial charge in [-0.05, 0) is 25.8 Å². The standard InChI is InChI=1S/C7H12N2O/c8-7(10)6-9-4-2-1-3-5-9/h1-2H,3-6H2,(H2,8,10). The quantitative estimate of drug-likeness (QED) is 0.566. The highest BCUT2D eigenvalue weighted by Crippen LogP contribution is 2.04. The number of primary amides is 1. The van der Waals surface area contributed by atoms with E-state index < -0.39 is 0 Å². The van der Waals surface area contributed by atoms with Gasteiger partial charge in [0.2, 0.25) is 5.91 Å². The lowest BCUT2D eigenvalue weighted by molar-refractivity contribution is -0.119. The predicted octanol–water partition coefficient (Wildman–Crippen LogP) is -0.414. The molecule has 1 aliphatic rings. The van der Waals surface area contributed by atoms with Gasteiger partial charge in [-0.2, -0.15) is 0 Å². The van der Waals surface area contributed by atoms with Crippen LogP contribution < -0.4 is 5.73 Å². The van der Waals surface area contributed by atoms with Gasteiger partial charge in [0.15, 0.2) is 0 Å². The maximum atomic E-state index is 10.4. The third kappa shape index (κ3) is 2.35. The molecule has 1 fully saturated rings. The fraction of sp³-hybridized carbons (Fsp3) is 0.571. The Morgan fingerprint density at radius 3 is 2.90 bits per heavy atom. The van der Waals surface area contributed by atoms with Crippen LogP contribution in [-0.4, -0.2) is 30.4 Å². The Balaban J connectivity index is 2.19. The van der Waals surface area contributed by atoms with E-state index in [2.05, 4.69) is 12.8 Å². The second-order valence-electron chi connectivity index (χ2n) is 2.46. The molecule has 1 amide bonds. The van der Waals surface area contributed by atoms with Crippen molar-refractivity contribution in [1.29, 1.82) is 0 Å². The molecule has 0 aromatic carbocycles.